The predicted molar refractivity (Wildman–Crippen MR) is 81.6 cm³/mol. The van der Waals surface area contributed by atoms with Crippen molar-refractivity contribution in [3.8, 4) is 0 Å². The molecule has 0 spiro atoms. The third kappa shape index (κ3) is 2.92. The van der Waals surface area contributed by atoms with E-state index < -0.39 is 4.92 Å². The van der Waals surface area contributed by atoms with Gasteiger partial charge in [0.2, 0.25) is 0 Å². The van der Waals surface area contributed by atoms with E-state index in [2.05, 4.69) is 9.97 Å². The van der Waals surface area contributed by atoms with Crippen molar-refractivity contribution in [2.75, 3.05) is 0 Å². The number of non-ortho nitro benzene ring substituents is 1. The van der Waals surface area contributed by atoms with Crippen LogP contribution < -0.4 is 0 Å². The maximum Gasteiger partial charge on any atom is 0.269 e. The molecular formula is C16H11N3O2. The summed E-state index contributed by atoms with van der Waals surface area (Å²) < 4.78 is 0. The van der Waals surface area contributed by atoms with Gasteiger partial charge in [-0.05, 0) is 35.9 Å². The smallest absolute Gasteiger partial charge is 0.258 e. The van der Waals surface area contributed by atoms with Crippen molar-refractivity contribution in [2.24, 2.45) is 0 Å². The first-order valence-corrected chi connectivity index (χ1v) is 6.37. The van der Waals surface area contributed by atoms with Crippen LogP contribution in [0.15, 0.2) is 54.7 Å². The van der Waals surface area contributed by atoms with E-state index in [-0.39, 0.29) is 5.69 Å². The fraction of sp³-hybridized carbons (Fsp3) is 0. The van der Waals surface area contributed by atoms with Crippen molar-refractivity contribution in [1.82, 2.24) is 9.97 Å². The van der Waals surface area contributed by atoms with Crippen molar-refractivity contribution in [2.45, 2.75) is 0 Å². The minimum atomic E-state index is -0.414. The molecule has 5 heteroatoms. The van der Waals surface area contributed by atoms with Gasteiger partial charge in [-0.3, -0.25) is 15.1 Å². The number of hydrogen-bond acceptors (Lipinski definition) is 4. The van der Waals surface area contributed by atoms with Crippen LogP contribution in [0.5, 0.6) is 0 Å². The van der Waals surface area contributed by atoms with Gasteiger partial charge in [-0.15, -0.1) is 0 Å². The Hall–Kier alpha value is -3.08. The zero-order valence-electron chi connectivity index (χ0n) is 11.0. The highest BCUT2D eigenvalue weighted by atomic mass is 16.6. The van der Waals surface area contributed by atoms with Crippen LogP contribution in [-0.2, 0) is 0 Å². The van der Waals surface area contributed by atoms with Crippen molar-refractivity contribution in [3.05, 3.63) is 76.1 Å². The molecule has 2 aromatic carbocycles. The lowest BCUT2D eigenvalue weighted by Crippen LogP contribution is -1.87. The van der Waals surface area contributed by atoms with E-state index in [0.29, 0.717) is 0 Å². The first kappa shape index (κ1) is 12.9. The Bertz CT molecular complexity index is 826. The highest BCUT2D eigenvalue weighted by Gasteiger charge is 2.02. The summed E-state index contributed by atoms with van der Waals surface area (Å²) in [5, 5.41) is 10.6. The highest BCUT2D eigenvalue weighted by molar-refractivity contribution is 5.76. The van der Waals surface area contributed by atoms with Crippen LogP contribution in [0.2, 0.25) is 0 Å². The number of nitrogens with zero attached hydrogens (tertiary/aromatic N) is 3. The molecule has 0 bridgehead atoms. The predicted octanol–water partition coefficient (Wildman–Crippen LogP) is 3.71. The molecule has 0 saturated carbocycles. The van der Waals surface area contributed by atoms with Crippen LogP contribution >= 0.6 is 0 Å². The Morgan fingerprint density at radius 1 is 0.952 bits per heavy atom. The Labute approximate surface area is 120 Å². The molecule has 0 unspecified atom stereocenters. The zero-order valence-corrected chi connectivity index (χ0v) is 11.0. The van der Waals surface area contributed by atoms with E-state index in [0.717, 1.165) is 22.3 Å². The summed E-state index contributed by atoms with van der Waals surface area (Å²) in [6, 6.07) is 14.0. The zero-order chi connectivity index (χ0) is 14.7. The second kappa shape index (κ2) is 5.50. The Kier molecular flexibility index (Phi) is 3.39. The van der Waals surface area contributed by atoms with Crippen molar-refractivity contribution in [3.63, 3.8) is 0 Å². The molecule has 3 aromatic rings. The summed E-state index contributed by atoms with van der Waals surface area (Å²) in [4.78, 5) is 19.0. The number of fused-ring (bicyclic) bond motifs is 1. The first-order valence-electron chi connectivity index (χ1n) is 6.37. The van der Waals surface area contributed by atoms with Crippen LogP contribution in [0, 0.1) is 10.1 Å². The van der Waals surface area contributed by atoms with Gasteiger partial charge in [-0.25, -0.2) is 4.98 Å². The van der Waals surface area contributed by atoms with Crippen LogP contribution in [0.4, 0.5) is 5.69 Å². The van der Waals surface area contributed by atoms with Gasteiger partial charge in [0.05, 0.1) is 27.8 Å². The largest absolute Gasteiger partial charge is 0.269 e. The number of aromatic nitrogens is 2. The molecule has 102 valence electrons. The summed E-state index contributed by atoms with van der Waals surface area (Å²) in [6.07, 6.45) is 5.38. The van der Waals surface area contributed by atoms with Gasteiger partial charge in [0, 0.05) is 12.1 Å². The van der Waals surface area contributed by atoms with Gasteiger partial charge in [0.15, 0.2) is 0 Å². The minimum Gasteiger partial charge on any atom is -0.258 e. The SMILES string of the molecule is O=[N+]([O-])c1ccc(/C=C/c2cnc3ccccc3n2)cc1. The number of benzene rings is 2. The molecule has 21 heavy (non-hydrogen) atoms. The Morgan fingerprint density at radius 3 is 2.38 bits per heavy atom. The maximum absolute atomic E-state index is 10.6. The average Bonchev–Trinajstić information content (AvgIpc) is 2.53. The van der Waals surface area contributed by atoms with Gasteiger partial charge in [-0.2, -0.15) is 0 Å². The third-order valence-electron chi connectivity index (χ3n) is 3.02. The van der Waals surface area contributed by atoms with Gasteiger partial charge in [0.1, 0.15) is 0 Å². The fourth-order valence-corrected chi connectivity index (χ4v) is 1.94. The van der Waals surface area contributed by atoms with E-state index in [9.17, 15) is 10.1 Å². The van der Waals surface area contributed by atoms with Crippen LogP contribution in [-0.4, -0.2) is 14.9 Å². The van der Waals surface area contributed by atoms with Gasteiger partial charge < -0.3 is 0 Å². The molecule has 1 aromatic heterocycles. The van der Waals surface area contributed by atoms with Crippen molar-refractivity contribution >= 4 is 28.9 Å². The number of nitro benzene ring substituents is 1. The Morgan fingerprint density at radius 2 is 1.67 bits per heavy atom. The normalized spacial score (nSPS) is 11.0. The molecule has 0 saturated heterocycles. The molecule has 0 aliphatic rings. The van der Waals surface area contributed by atoms with Crippen LogP contribution in [0.25, 0.3) is 23.2 Å². The van der Waals surface area contributed by atoms with E-state index in [1.807, 2.05) is 36.4 Å². The van der Waals surface area contributed by atoms with E-state index in [1.165, 1.54) is 12.1 Å². The minimum absolute atomic E-state index is 0.0812. The maximum atomic E-state index is 10.6. The van der Waals surface area contributed by atoms with E-state index >= 15 is 0 Å². The van der Waals surface area contributed by atoms with Gasteiger partial charge in [0.25, 0.3) is 5.69 Å². The van der Waals surface area contributed by atoms with Gasteiger partial charge in [-0.1, -0.05) is 18.2 Å². The molecule has 0 aliphatic heterocycles. The lowest BCUT2D eigenvalue weighted by Gasteiger charge is -1.98. The number of para-hydroxylation sites is 2. The quantitative estimate of drug-likeness (QED) is 0.540. The number of rotatable bonds is 3. The lowest BCUT2D eigenvalue weighted by molar-refractivity contribution is -0.384. The van der Waals surface area contributed by atoms with Gasteiger partial charge >= 0.3 is 0 Å². The lowest BCUT2D eigenvalue weighted by atomic mass is 10.2. The highest BCUT2D eigenvalue weighted by Crippen LogP contribution is 2.14. The molecule has 0 aliphatic carbocycles. The summed E-state index contributed by atoms with van der Waals surface area (Å²) in [6.45, 7) is 0. The summed E-state index contributed by atoms with van der Waals surface area (Å²) >= 11 is 0. The Balaban J connectivity index is 1.85. The van der Waals surface area contributed by atoms with Crippen LogP contribution in [0.3, 0.4) is 0 Å². The standard InChI is InChI=1S/C16H11N3O2/c20-19(21)14-9-6-12(7-10-14)5-8-13-11-17-15-3-1-2-4-16(15)18-13/h1-11H/b8-5+. The summed E-state index contributed by atoms with van der Waals surface area (Å²) in [7, 11) is 0. The molecule has 3 rings (SSSR count). The molecule has 0 radical (unpaired) electrons. The van der Waals surface area contributed by atoms with Crippen molar-refractivity contribution < 1.29 is 4.92 Å². The first-order chi connectivity index (χ1) is 10.2. The number of nitro groups is 1. The van der Waals surface area contributed by atoms with E-state index in [4.69, 9.17) is 0 Å². The second-order valence-corrected chi connectivity index (χ2v) is 4.47. The fourth-order valence-electron chi connectivity index (χ4n) is 1.94. The molecule has 0 amide bonds. The second-order valence-electron chi connectivity index (χ2n) is 4.47. The molecule has 5 nitrogen and oxygen atoms in total. The van der Waals surface area contributed by atoms with Crippen LogP contribution in [0.1, 0.15) is 11.3 Å². The average molecular weight is 277 g/mol. The summed E-state index contributed by atoms with van der Waals surface area (Å²) in [5.41, 5.74) is 3.38. The molecule has 0 fully saturated rings. The third-order valence-corrected chi connectivity index (χ3v) is 3.02. The molecular weight excluding hydrogens is 266 g/mol. The molecule has 0 N–H and O–H groups in total. The molecule has 0 atom stereocenters. The number of hydrogen-bond donors (Lipinski definition) is 0. The van der Waals surface area contributed by atoms with Crippen molar-refractivity contribution in [1.29, 1.82) is 0 Å². The molecule has 1 heterocycles. The topological polar surface area (TPSA) is 68.9 Å². The monoisotopic (exact) mass is 277 g/mol. The van der Waals surface area contributed by atoms with E-state index in [1.54, 1.807) is 18.3 Å². The summed E-state index contributed by atoms with van der Waals surface area (Å²) in [5.74, 6) is 0.